The first kappa shape index (κ1) is 10.9. The Morgan fingerprint density at radius 3 is 2.64 bits per heavy atom. The van der Waals surface area contributed by atoms with E-state index in [2.05, 4.69) is 4.74 Å². The lowest BCUT2D eigenvalue weighted by Crippen LogP contribution is -2.06. The van der Waals surface area contributed by atoms with Crippen molar-refractivity contribution in [1.82, 2.24) is 0 Å². The van der Waals surface area contributed by atoms with Gasteiger partial charge in [0.05, 0.1) is 17.6 Å². The molecule has 4 nitrogen and oxygen atoms in total. The second kappa shape index (κ2) is 4.34. The molecule has 1 aromatic rings. The van der Waals surface area contributed by atoms with Crippen LogP contribution in [-0.4, -0.2) is 21.8 Å². The van der Waals surface area contributed by atoms with Gasteiger partial charge in [-0.25, -0.2) is 9.00 Å². The lowest BCUT2D eigenvalue weighted by molar-refractivity contribution is 0.0596. The molecule has 5 heteroatoms. The molecule has 0 radical (unpaired) electrons. The molecule has 0 bridgehead atoms. The molecule has 0 saturated carbocycles. The Kier molecular flexibility index (Phi) is 3.38. The topological polar surface area (TPSA) is 63.6 Å². The third kappa shape index (κ3) is 2.18. The van der Waals surface area contributed by atoms with Gasteiger partial charge in [-0.3, -0.25) is 0 Å². The minimum atomic E-state index is -2.17. The van der Waals surface area contributed by atoms with Crippen LogP contribution in [0.5, 0.6) is 0 Å². The van der Waals surface area contributed by atoms with Crippen molar-refractivity contribution in [2.75, 3.05) is 7.11 Å². The van der Waals surface area contributed by atoms with E-state index in [1.807, 2.05) is 0 Å². The zero-order valence-electron chi connectivity index (χ0n) is 7.81. The Balaban J connectivity index is 3.28. The fraction of sp³-hybridized carbons (Fsp3) is 0.222. The Morgan fingerprint density at radius 2 is 2.14 bits per heavy atom. The minimum absolute atomic E-state index is 0.0804. The fourth-order valence-electron chi connectivity index (χ4n) is 1.05. The van der Waals surface area contributed by atoms with Crippen LogP contribution < -0.4 is 0 Å². The number of ether oxygens (including phenoxy) is 1. The lowest BCUT2D eigenvalue weighted by atomic mass is 10.1. The first-order valence-electron chi connectivity index (χ1n) is 3.86. The van der Waals surface area contributed by atoms with Gasteiger partial charge in [-0.1, -0.05) is 6.07 Å². The second-order valence-corrected chi connectivity index (χ2v) is 3.68. The number of carbonyl (C=O) groups excluding carboxylic acids is 1. The maximum absolute atomic E-state index is 11.2. The number of hydrogen-bond donors (Lipinski definition) is 1. The van der Waals surface area contributed by atoms with Crippen LogP contribution in [0.2, 0.25) is 0 Å². The van der Waals surface area contributed by atoms with Crippen molar-refractivity contribution in [2.24, 2.45) is 0 Å². The predicted octanol–water partition coefficient (Wildman–Crippen LogP) is 1.36. The van der Waals surface area contributed by atoms with Gasteiger partial charge in [-0.2, -0.15) is 0 Å². The van der Waals surface area contributed by atoms with Crippen LogP contribution in [0, 0.1) is 6.92 Å². The first-order valence-corrected chi connectivity index (χ1v) is 4.96. The molecule has 0 spiro atoms. The summed E-state index contributed by atoms with van der Waals surface area (Å²) >= 11 is -2.17. The van der Waals surface area contributed by atoms with E-state index in [0.717, 1.165) is 5.56 Å². The number of aryl methyl sites for hydroxylation is 1. The van der Waals surface area contributed by atoms with Gasteiger partial charge in [0.1, 0.15) is 0 Å². The maximum atomic E-state index is 11.2. The molecule has 0 aromatic heterocycles. The lowest BCUT2D eigenvalue weighted by Gasteiger charge is -2.04. The second-order valence-electron chi connectivity index (χ2n) is 2.74. The Bertz CT molecular complexity index is 386. The van der Waals surface area contributed by atoms with Crippen LogP contribution in [-0.2, 0) is 15.8 Å². The maximum Gasteiger partial charge on any atom is 0.339 e. The molecule has 1 unspecified atom stereocenters. The van der Waals surface area contributed by atoms with Crippen LogP contribution >= 0.6 is 0 Å². The number of hydrogen-bond acceptors (Lipinski definition) is 3. The third-order valence-corrected chi connectivity index (χ3v) is 2.44. The van der Waals surface area contributed by atoms with E-state index in [1.54, 1.807) is 13.0 Å². The highest BCUT2D eigenvalue weighted by molar-refractivity contribution is 7.79. The van der Waals surface area contributed by atoms with Crippen LogP contribution in [0.15, 0.2) is 23.1 Å². The Labute approximate surface area is 84.2 Å². The number of esters is 1. The summed E-state index contributed by atoms with van der Waals surface area (Å²) in [6, 6.07) is 4.65. The van der Waals surface area contributed by atoms with Crippen molar-refractivity contribution in [3.63, 3.8) is 0 Å². The molecule has 0 aliphatic carbocycles. The summed E-state index contributed by atoms with van der Waals surface area (Å²) in [7, 11) is 1.23. The van der Waals surface area contributed by atoms with Gasteiger partial charge in [0.2, 0.25) is 0 Å². The average Bonchev–Trinajstić information content (AvgIpc) is 2.16. The van der Waals surface area contributed by atoms with Gasteiger partial charge in [0, 0.05) is 0 Å². The van der Waals surface area contributed by atoms with Gasteiger partial charge < -0.3 is 9.29 Å². The van der Waals surface area contributed by atoms with E-state index in [4.69, 9.17) is 4.55 Å². The molecule has 0 aliphatic heterocycles. The molecule has 0 aliphatic rings. The van der Waals surface area contributed by atoms with E-state index in [0.29, 0.717) is 0 Å². The average molecular weight is 214 g/mol. The van der Waals surface area contributed by atoms with Gasteiger partial charge >= 0.3 is 5.97 Å². The zero-order chi connectivity index (χ0) is 10.7. The van der Waals surface area contributed by atoms with Crippen molar-refractivity contribution in [2.45, 2.75) is 11.8 Å². The summed E-state index contributed by atoms with van der Waals surface area (Å²) in [5.41, 5.74) is 0.939. The number of carbonyl (C=O) groups is 1. The Morgan fingerprint density at radius 1 is 1.50 bits per heavy atom. The van der Waals surface area contributed by atoms with Gasteiger partial charge in [-0.15, -0.1) is 0 Å². The van der Waals surface area contributed by atoms with Crippen molar-refractivity contribution >= 4 is 17.0 Å². The van der Waals surface area contributed by atoms with E-state index < -0.39 is 17.0 Å². The molecule has 76 valence electrons. The first-order chi connectivity index (χ1) is 6.56. The predicted molar refractivity (Wildman–Crippen MR) is 51.6 cm³/mol. The molecule has 0 saturated heterocycles. The van der Waals surface area contributed by atoms with Crippen LogP contribution in [0.1, 0.15) is 15.9 Å². The highest BCUT2D eigenvalue weighted by Crippen LogP contribution is 2.15. The largest absolute Gasteiger partial charge is 0.465 e. The molecular weight excluding hydrogens is 204 g/mol. The standard InChI is InChI=1S/C9H10O4S/c1-6-3-4-7(9(10)13-2)8(5-6)14(11)12/h3-5H,1-2H3,(H,11,12). The minimum Gasteiger partial charge on any atom is -0.465 e. The Hall–Kier alpha value is -1.20. The monoisotopic (exact) mass is 214 g/mol. The SMILES string of the molecule is COC(=O)c1ccc(C)cc1S(=O)O. The zero-order valence-corrected chi connectivity index (χ0v) is 8.63. The summed E-state index contributed by atoms with van der Waals surface area (Å²) in [6.45, 7) is 1.78. The molecule has 1 N–H and O–H groups in total. The smallest absolute Gasteiger partial charge is 0.339 e. The van der Waals surface area contributed by atoms with E-state index >= 15 is 0 Å². The summed E-state index contributed by atoms with van der Waals surface area (Å²) in [5, 5.41) is 0. The van der Waals surface area contributed by atoms with Gasteiger partial charge in [0.25, 0.3) is 0 Å². The van der Waals surface area contributed by atoms with E-state index in [-0.39, 0.29) is 10.5 Å². The quantitative estimate of drug-likeness (QED) is 0.596. The third-order valence-electron chi connectivity index (χ3n) is 1.73. The fourth-order valence-corrected chi connectivity index (χ4v) is 1.68. The normalized spacial score (nSPS) is 12.2. The van der Waals surface area contributed by atoms with E-state index in [1.165, 1.54) is 19.2 Å². The summed E-state index contributed by atoms with van der Waals surface area (Å²) in [4.78, 5) is 11.3. The summed E-state index contributed by atoms with van der Waals surface area (Å²) in [6.07, 6.45) is 0. The van der Waals surface area contributed by atoms with Crippen molar-refractivity contribution < 1.29 is 18.3 Å². The number of benzene rings is 1. The van der Waals surface area contributed by atoms with Crippen LogP contribution in [0.25, 0.3) is 0 Å². The molecule has 14 heavy (non-hydrogen) atoms. The van der Waals surface area contributed by atoms with Gasteiger partial charge in [0.15, 0.2) is 11.1 Å². The molecule has 1 atom stereocenters. The molecule has 0 fully saturated rings. The summed E-state index contributed by atoms with van der Waals surface area (Å²) < 4.78 is 24.3. The van der Waals surface area contributed by atoms with Crippen molar-refractivity contribution in [3.05, 3.63) is 29.3 Å². The molecule has 0 amide bonds. The number of methoxy groups -OCH3 is 1. The highest BCUT2D eigenvalue weighted by atomic mass is 32.2. The summed E-state index contributed by atoms with van der Waals surface area (Å²) in [5.74, 6) is -0.609. The molecule has 1 aromatic carbocycles. The van der Waals surface area contributed by atoms with Gasteiger partial charge in [-0.05, 0) is 24.6 Å². The molecule has 0 heterocycles. The van der Waals surface area contributed by atoms with Crippen molar-refractivity contribution in [3.8, 4) is 0 Å². The van der Waals surface area contributed by atoms with E-state index in [9.17, 15) is 9.00 Å². The van der Waals surface area contributed by atoms with Crippen LogP contribution in [0.3, 0.4) is 0 Å². The molecular formula is C9H10O4S. The molecule has 1 rings (SSSR count). The van der Waals surface area contributed by atoms with Crippen LogP contribution in [0.4, 0.5) is 0 Å². The van der Waals surface area contributed by atoms with Crippen molar-refractivity contribution in [1.29, 1.82) is 0 Å². The highest BCUT2D eigenvalue weighted by Gasteiger charge is 2.15. The number of rotatable bonds is 2.